The van der Waals surface area contributed by atoms with Crippen molar-refractivity contribution in [3.63, 3.8) is 0 Å². The maximum absolute atomic E-state index is 12.2. The van der Waals surface area contributed by atoms with Crippen LogP contribution in [-0.2, 0) is 14.6 Å². The molecule has 2 amide bonds. The van der Waals surface area contributed by atoms with Gasteiger partial charge in [-0.3, -0.25) is 9.59 Å². The zero-order valence-electron chi connectivity index (χ0n) is 13.0. The van der Waals surface area contributed by atoms with Crippen molar-refractivity contribution in [2.75, 3.05) is 16.9 Å². The van der Waals surface area contributed by atoms with Gasteiger partial charge in [0.2, 0.25) is 5.91 Å². The smallest absolute Gasteiger partial charge is 0.255 e. The fraction of sp³-hybridized carbons (Fsp3) is 0.125. The van der Waals surface area contributed by atoms with Crippen molar-refractivity contribution in [2.24, 2.45) is 0 Å². The number of carbonyl (C=O) groups is 2. The molecular formula is C16H15ClN2O4S. The van der Waals surface area contributed by atoms with Crippen LogP contribution in [0.25, 0.3) is 0 Å². The van der Waals surface area contributed by atoms with Gasteiger partial charge >= 0.3 is 0 Å². The third-order valence-corrected chi connectivity index (χ3v) is 4.63. The van der Waals surface area contributed by atoms with Crippen molar-refractivity contribution in [2.45, 2.75) is 11.8 Å². The highest BCUT2D eigenvalue weighted by Gasteiger charge is 2.16. The van der Waals surface area contributed by atoms with Crippen LogP contribution in [0.2, 0.25) is 5.02 Å². The molecular weight excluding hydrogens is 352 g/mol. The molecule has 0 bridgehead atoms. The second kappa shape index (κ2) is 7.02. The summed E-state index contributed by atoms with van der Waals surface area (Å²) in [6, 6.07) is 10.6. The summed E-state index contributed by atoms with van der Waals surface area (Å²) in [5.74, 6) is -0.662. The Hall–Kier alpha value is -2.38. The van der Waals surface area contributed by atoms with E-state index in [2.05, 4.69) is 10.6 Å². The van der Waals surface area contributed by atoms with E-state index in [1.54, 1.807) is 24.3 Å². The predicted octanol–water partition coefficient (Wildman–Crippen LogP) is 2.95. The monoisotopic (exact) mass is 366 g/mol. The highest BCUT2D eigenvalue weighted by Crippen LogP contribution is 2.23. The number of hydrogen-bond acceptors (Lipinski definition) is 4. The zero-order valence-corrected chi connectivity index (χ0v) is 14.5. The molecule has 0 atom stereocenters. The summed E-state index contributed by atoms with van der Waals surface area (Å²) >= 11 is 5.86. The molecule has 0 fully saturated rings. The Labute approximate surface area is 144 Å². The second-order valence-corrected chi connectivity index (χ2v) is 7.52. The molecule has 2 aromatic rings. The SMILES string of the molecule is CC(=O)Nc1ccc(NC(=O)c2ccc(Cl)c(S(C)(=O)=O)c2)cc1. The molecule has 0 radical (unpaired) electrons. The van der Waals surface area contributed by atoms with Crippen molar-refractivity contribution in [3.8, 4) is 0 Å². The molecule has 2 N–H and O–H groups in total. The van der Waals surface area contributed by atoms with Crippen LogP contribution in [0.1, 0.15) is 17.3 Å². The van der Waals surface area contributed by atoms with Crippen LogP contribution in [0.4, 0.5) is 11.4 Å². The maximum Gasteiger partial charge on any atom is 0.255 e. The summed E-state index contributed by atoms with van der Waals surface area (Å²) < 4.78 is 23.3. The third-order valence-electron chi connectivity index (χ3n) is 3.06. The molecule has 0 saturated carbocycles. The van der Waals surface area contributed by atoms with Crippen LogP contribution in [0.5, 0.6) is 0 Å². The van der Waals surface area contributed by atoms with Gasteiger partial charge in [0.05, 0.1) is 9.92 Å². The number of halogens is 1. The fourth-order valence-corrected chi connectivity index (χ4v) is 3.27. The highest BCUT2D eigenvalue weighted by molar-refractivity contribution is 7.90. The number of amides is 2. The largest absolute Gasteiger partial charge is 0.326 e. The lowest BCUT2D eigenvalue weighted by molar-refractivity contribution is -0.114. The molecule has 8 heteroatoms. The summed E-state index contributed by atoms with van der Waals surface area (Å²) in [5, 5.41) is 5.33. The van der Waals surface area contributed by atoms with E-state index >= 15 is 0 Å². The van der Waals surface area contributed by atoms with Gasteiger partial charge in [-0.15, -0.1) is 0 Å². The predicted molar refractivity (Wildman–Crippen MR) is 93.3 cm³/mol. The average Bonchev–Trinajstić information content (AvgIpc) is 2.48. The first-order valence-electron chi connectivity index (χ1n) is 6.85. The first kappa shape index (κ1) is 18.0. The van der Waals surface area contributed by atoms with Gasteiger partial charge in [-0.05, 0) is 42.5 Å². The van der Waals surface area contributed by atoms with Gasteiger partial charge in [-0.25, -0.2) is 8.42 Å². The van der Waals surface area contributed by atoms with E-state index < -0.39 is 15.7 Å². The Morgan fingerprint density at radius 2 is 1.50 bits per heavy atom. The lowest BCUT2D eigenvalue weighted by atomic mass is 10.2. The summed E-state index contributed by atoms with van der Waals surface area (Å²) in [6.45, 7) is 1.40. The molecule has 6 nitrogen and oxygen atoms in total. The molecule has 0 unspecified atom stereocenters. The minimum absolute atomic E-state index is 0.0636. The number of sulfone groups is 1. The topological polar surface area (TPSA) is 92.3 Å². The van der Waals surface area contributed by atoms with Crippen molar-refractivity contribution < 1.29 is 18.0 Å². The molecule has 0 saturated heterocycles. The molecule has 0 aliphatic rings. The van der Waals surface area contributed by atoms with Crippen molar-refractivity contribution in [3.05, 3.63) is 53.1 Å². The van der Waals surface area contributed by atoms with Crippen molar-refractivity contribution >= 4 is 44.6 Å². The van der Waals surface area contributed by atoms with Crippen LogP contribution >= 0.6 is 11.6 Å². The highest BCUT2D eigenvalue weighted by atomic mass is 35.5. The fourth-order valence-electron chi connectivity index (χ4n) is 1.97. The molecule has 24 heavy (non-hydrogen) atoms. The van der Waals surface area contributed by atoms with E-state index in [1.165, 1.54) is 25.1 Å². The van der Waals surface area contributed by atoms with Crippen LogP contribution in [0.3, 0.4) is 0 Å². The van der Waals surface area contributed by atoms with E-state index in [1.807, 2.05) is 0 Å². The van der Waals surface area contributed by atoms with Crippen LogP contribution in [0.15, 0.2) is 47.4 Å². The minimum atomic E-state index is -3.53. The van der Waals surface area contributed by atoms with Crippen LogP contribution < -0.4 is 10.6 Å². The Kier molecular flexibility index (Phi) is 5.26. The Balaban J connectivity index is 2.20. The zero-order chi connectivity index (χ0) is 17.9. The van der Waals surface area contributed by atoms with E-state index in [0.717, 1.165) is 6.26 Å². The van der Waals surface area contributed by atoms with E-state index in [0.29, 0.717) is 11.4 Å². The van der Waals surface area contributed by atoms with Crippen molar-refractivity contribution in [1.29, 1.82) is 0 Å². The van der Waals surface area contributed by atoms with E-state index in [4.69, 9.17) is 11.6 Å². The van der Waals surface area contributed by atoms with Crippen molar-refractivity contribution in [1.82, 2.24) is 0 Å². The second-order valence-electron chi connectivity index (χ2n) is 5.13. The van der Waals surface area contributed by atoms with Gasteiger partial charge in [0.15, 0.2) is 9.84 Å². The van der Waals surface area contributed by atoms with Gasteiger partial charge in [0, 0.05) is 30.1 Å². The summed E-state index contributed by atoms with van der Waals surface area (Å²) in [5.41, 5.74) is 1.28. The maximum atomic E-state index is 12.2. The van der Waals surface area contributed by atoms with Crippen LogP contribution in [-0.4, -0.2) is 26.5 Å². The number of nitrogens with one attached hydrogen (secondary N) is 2. The molecule has 2 aromatic carbocycles. The Morgan fingerprint density at radius 3 is 2.00 bits per heavy atom. The lowest BCUT2D eigenvalue weighted by Gasteiger charge is -2.09. The number of benzene rings is 2. The molecule has 0 aliphatic carbocycles. The minimum Gasteiger partial charge on any atom is -0.326 e. The summed E-state index contributed by atoms with van der Waals surface area (Å²) in [4.78, 5) is 23.1. The molecule has 0 heterocycles. The first-order valence-corrected chi connectivity index (χ1v) is 9.12. The number of carbonyl (C=O) groups excluding carboxylic acids is 2. The summed E-state index contributed by atoms with van der Waals surface area (Å²) in [6.07, 6.45) is 1.02. The van der Waals surface area contributed by atoms with Gasteiger partial charge in [0.25, 0.3) is 5.91 Å². The molecule has 0 spiro atoms. The number of rotatable bonds is 4. The molecule has 0 aliphatic heterocycles. The molecule has 2 rings (SSSR count). The molecule has 126 valence electrons. The summed E-state index contributed by atoms with van der Waals surface area (Å²) in [7, 11) is -3.53. The Morgan fingerprint density at radius 1 is 0.958 bits per heavy atom. The first-order chi connectivity index (χ1) is 11.2. The van der Waals surface area contributed by atoms with Gasteiger partial charge in [0.1, 0.15) is 0 Å². The number of anilines is 2. The van der Waals surface area contributed by atoms with E-state index in [-0.39, 0.29) is 21.4 Å². The van der Waals surface area contributed by atoms with E-state index in [9.17, 15) is 18.0 Å². The Bertz CT molecular complexity index is 893. The normalized spacial score (nSPS) is 11.0. The number of hydrogen-bond donors (Lipinski definition) is 2. The van der Waals surface area contributed by atoms with Gasteiger partial charge in [-0.1, -0.05) is 11.6 Å². The van der Waals surface area contributed by atoms with Gasteiger partial charge < -0.3 is 10.6 Å². The van der Waals surface area contributed by atoms with Crippen LogP contribution in [0, 0.1) is 0 Å². The molecule has 0 aromatic heterocycles. The third kappa shape index (κ3) is 4.56. The van der Waals surface area contributed by atoms with Gasteiger partial charge in [-0.2, -0.15) is 0 Å². The average molecular weight is 367 g/mol. The quantitative estimate of drug-likeness (QED) is 0.870. The standard InChI is InChI=1S/C16H15ClN2O4S/c1-10(20)18-12-4-6-13(7-5-12)19-16(21)11-3-8-14(17)15(9-11)24(2,22)23/h3-9H,1-2H3,(H,18,20)(H,19,21). The lowest BCUT2D eigenvalue weighted by Crippen LogP contribution is -2.13.